The Labute approximate surface area is 91.5 Å². The van der Waals surface area contributed by atoms with E-state index in [0.29, 0.717) is 16.2 Å². The number of rotatable bonds is 3. The minimum atomic E-state index is 0.389. The molecule has 0 bridgehead atoms. The van der Waals surface area contributed by atoms with Crippen LogP contribution in [0.3, 0.4) is 0 Å². The fourth-order valence-electron chi connectivity index (χ4n) is 2.12. The SMILES string of the molecule is CCC(C)(C)C(C)(C)C(C)C(C)(C)C. The summed E-state index contributed by atoms with van der Waals surface area (Å²) in [5, 5.41) is 0. The average Bonchev–Trinajstić information content (AvgIpc) is 2.01. The Bertz CT molecular complexity index is 179. The first-order chi connectivity index (χ1) is 5.97. The van der Waals surface area contributed by atoms with Crippen LogP contribution in [0.2, 0.25) is 0 Å². The van der Waals surface area contributed by atoms with Gasteiger partial charge in [-0.1, -0.05) is 68.7 Å². The quantitative estimate of drug-likeness (QED) is 0.589. The van der Waals surface area contributed by atoms with E-state index in [-0.39, 0.29) is 0 Å². The standard InChI is InChI=1S/C14H30/c1-10-13(6,7)14(8,9)11(2)12(3,4)5/h11H,10H2,1-9H3. The largest absolute Gasteiger partial charge is 0.0649 e. The first kappa shape index (κ1) is 14.0. The summed E-state index contributed by atoms with van der Waals surface area (Å²) in [5.74, 6) is 0.727. The lowest BCUT2D eigenvalue weighted by atomic mass is 9.55. The smallest absolute Gasteiger partial charge is 0.0272 e. The molecule has 0 radical (unpaired) electrons. The van der Waals surface area contributed by atoms with Crippen LogP contribution < -0.4 is 0 Å². The lowest BCUT2D eigenvalue weighted by Gasteiger charge is -2.50. The Hall–Kier alpha value is 0. The van der Waals surface area contributed by atoms with Gasteiger partial charge in [-0.15, -0.1) is 0 Å². The highest BCUT2D eigenvalue weighted by atomic mass is 14.5. The van der Waals surface area contributed by atoms with Crippen molar-refractivity contribution in [1.29, 1.82) is 0 Å². The van der Waals surface area contributed by atoms with Crippen molar-refractivity contribution in [2.75, 3.05) is 0 Å². The van der Waals surface area contributed by atoms with Crippen molar-refractivity contribution in [3.8, 4) is 0 Å². The summed E-state index contributed by atoms with van der Waals surface area (Å²) in [6, 6.07) is 0. The molecule has 0 spiro atoms. The van der Waals surface area contributed by atoms with Crippen LogP contribution in [0.4, 0.5) is 0 Å². The van der Waals surface area contributed by atoms with Gasteiger partial charge < -0.3 is 0 Å². The Morgan fingerprint density at radius 2 is 1.21 bits per heavy atom. The Morgan fingerprint density at radius 3 is 1.43 bits per heavy atom. The fraction of sp³-hybridized carbons (Fsp3) is 1.00. The fourth-order valence-corrected chi connectivity index (χ4v) is 2.12. The molecular weight excluding hydrogens is 168 g/mol. The molecule has 0 aromatic rings. The first-order valence-electron chi connectivity index (χ1n) is 5.97. The van der Waals surface area contributed by atoms with E-state index in [9.17, 15) is 0 Å². The normalized spacial score (nSPS) is 16.9. The van der Waals surface area contributed by atoms with E-state index in [1.54, 1.807) is 0 Å². The lowest BCUT2D eigenvalue weighted by molar-refractivity contribution is -0.0106. The van der Waals surface area contributed by atoms with Crippen LogP contribution in [-0.4, -0.2) is 0 Å². The zero-order valence-corrected chi connectivity index (χ0v) is 11.8. The molecule has 0 saturated heterocycles. The van der Waals surface area contributed by atoms with Gasteiger partial charge in [0.2, 0.25) is 0 Å². The molecule has 0 aliphatic rings. The van der Waals surface area contributed by atoms with Gasteiger partial charge in [0, 0.05) is 0 Å². The molecule has 0 aliphatic heterocycles. The molecule has 0 fully saturated rings. The Morgan fingerprint density at radius 1 is 0.857 bits per heavy atom. The predicted molar refractivity (Wildman–Crippen MR) is 66.5 cm³/mol. The molecule has 1 unspecified atom stereocenters. The van der Waals surface area contributed by atoms with Crippen molar-refractivity contribution in [2.24, 2.45) is 22.2 Å². The zero-order valence-electron chi connectivity index (χ0n) is 11.8. The zero-order chi connectivity index (χ0) is 11.8. The lowest BCUT2D eigenvalue weighted by Crippen LogP contribution is -2.42. The van der Waals surface area contributed by atoms with E-state index in [4.69, 9.17) is 0 Å². The molecule has 0 heteroatoms. The third-order valence-corrected chi connectivity index (χ3v) is 5.01. The van der Waals surface area contributed by atoms with Crippen LogP contribution in [0.15, 0.2) is 0 Å². The predicted octanol–water partition coefficient (Wildman–Crippen LogP) is 5.13. The summed E-state index contributed by atoms with van der Waals surface area (Å²) >= 11 is 0. The molecule has 0 saturated carbocycles. The summed E-state index contributed by atoms with van der Waals surface area (Å²) < 4.78 is 0. The number of hydrogen-bond donors (Lipinski definition) is 0. The molecule has 14 heavy (non-hydrogen) atoms. The third-order valence-electron chi connectivity index (χ3n) is 5.01. The first-order valence-corrected chi connectivity index (χ1v) is 5.97. The van der Waals surface area contributed by atoms with Gasteiger partial charge in [-0.05, 0) is 22.2 Å². The van der Waals surface area contributed by atoms with Crippen molar-refractivity contribution >= 4 is 0 Å². The van der Waals surface area contributed by atoms with Crippen LogP contribution in [0.5, 0.6) is 0 Å². The highest BCUT2D eigenvalue weighted by Gasteiger charge is 2.43. The van der Waals surface area contributed by atoms with Crippen LogP contribution in [0, 0.1) is 22.2 Å². The van der Waals surface area contributed by atoms with E-state index < -0.39 is 0 Å². The minimum Gasteiger partial charge on any atom is -0.0649 e. The van der Waals surface area contributed by atoms with Crippen molar-refractivity contribution in [1.82, 2.24) is 0 Å². The third kappa shape index (κ3) is 2.52. The van der Waals surface area contributed by atoms with Crippen molar-refractivity contribution in [3.63, 3.8) is 0 Å². The summed E-state index contributed by atoms with van der Waals surface area (Å²) in [4.78, 5) is 0. The van der Waals surface area contributed by atoms with Gasteiger partial charge >= 0.3 is 0 Å². The maximum atomic E-state index is 2.42. The summed E-state index contributed by atoms with van der Waals surface area (Å²) in [6.07, 6.45) is 1.25. The summed E-state index contributed by atoms with van der Waals surface area (Å²) in [5.41, 5.74) is 1.20. The molecule has 0 nitrogen and oxygen atoms in total. The second kappa shape index (κ2) is 3.87. The van der Waals surface area contributed by atoms with Gasteiger partial charge in [-0.3, -0.25) is 0 Å². The maximum Gasteiger partial charge on any atom is -0.0272 e. The summed E-state index contributed by atoms with van der Waals surface area (Å²) in [6.45, 7) is 21.4. The van der Waals surface area contributed by atoms with Gasteiger partial charge in [0.25, 0.3) is 0 Å². The van der Waals surface area contributed by atoms with Crippen molar-refractivity contribution in [2.45, 2.75) is 68.7 Å². The second-order valence-electron chi connectivity index (χ2n) is 7.05. The molecule has 1 atom stereocenters. The molecule has 0 aromatic heterocycles. The molecule has 0 rings (SSSR count). The maximum absolute atomic E-state index is 2.42. The van der Waals surface area contributed by atoms with Gasteiger partial charge in [0.1, 0.15) is 0 Å². The van der Waals surface area contributed by atoms with E-state index in [2.05, 4.69) is 62.3 Å². The molecule has 0 N–H and O–H groups in total. The van der Waals surface area contributed by atoms with Crippen LogP contribution in [0.1, 0.15) is 68.7 Å². The molecule has 0 aliphatic carbocycles. The summed E-state index contributed by atoms with van der Waals surface area (Å²) in [7, 11) is 0. The molecular formula is C14H30. The van der Waals surface area contributed by atoms with Gasteiger partial charge in [-0.25, -0.2) is 0 Å². The topological polar surface area (TPSA) is 0 Å². The molecule has 0 amide bonds. The minimum absolute atomic E-state index is 0.389. The van der Waals surface area contributed by atoms with Gasteiger partial charge in [0.05, 0.1) is 0 Å². The van der Waals surface area contributed by atoms with Crippen LogP contribution in [-0.2, 0) is 0 Å². The van der Waals surface area contributed by atoms with E-state index in [1.165, 1.54) is 6.42 Å². The molecule has 0 aromatic carbocycles. The Kier molecular flexibility index (Phi) is 3.87. The van der Waals surface area contributed by atoms with Crippen LogP contribution in [0.25, 0.3) is 0 Å². The van der Waals surface area contributed by atoms with Gasteiger partial charge in [-0.2, -0.15) is 0 Å². The Balaban J connectivity index is 4.96. The van der Waals surface area contributed by atoms with Crippen molar-refractivity contribution < 1.29 is 0 Å². The van der Waals surface area contributed by atoms with E-state index >= 15 is 0 Å². The van der Waals surface area contributed by atoms with Crippen LogP contribution >= 0.6 is 0 Å². The number of hydrogen-bond acceptors (Lipinski definition) is 0. The molecule has 0 heterocycles. The molecule has 86 valence electrons. The van der Waals surface area contributed by atoms with E-state index in [0.717, 1.165) is 5.92 Å². The van der Waals surface area contributed by atoms with Crippen molar-refractivity contribution in [3.05, 3.63) is 0 Å². The van der Waals surface area contributed by atoms with E-state index in [1.807, 2.05) is 0 Å². The average molecular weight is 198 g/mol. The second-order valence-corrected chi connectivity index (χ2v) is 7.05. The highest BCUT2D eigenvalue weighted by Crippen LogP contribution is 2.51. The van der Waals surface area contributed by atoms with Gasteiger partial charge in [0.15, 0.2) is 0 Å². The monoisotopic (exact) mass is 198 g/mol. The highest BCUT2D eigenvalue weighted by molar-refractivity contribution is 4.92.